The molecule has 0 aromatic heterocycles. The number of rotatable bonds is 2. The number of methoxy groups -OCH3 is 1. The molecule has 1 atom stereocenters. The van der Waals surface area contributed by atoms with Gasteiger partial charge in [-0.15, -0.1) is 0 Å². The number of hydrogen-bond donors (Lipinski definition) is 1. The van der Waals surface area contributed by atoms with Crippen LogP contribution in [0.15, 0.2) is 24.3 Å². The number of esters is 1. The molecule has 0 radical (unpaired) electrons. The van der Waals surface area contributed by atoms with Crippen LogP contribution in [0.2, 0.25) is 5.02 Å². The number of hydrogen-bond acceptors (Lipinski definition) is 3. The van der Waals surface area contributed by atoms with Crippen LogP contribution in [-0.4, -0.2) is 13.1 Å². The molecule has 0 amide bonds. The smallest absolute Gasteiger partial charge is 0.323 e. The third kappa shape index (κ3) is 2.64. The Morgan fingerprint density at radius 1 is 1.46 bits per heavy atom. The number of carbonyl (C=O) groups is 1. The summed E-state index contributed by atoms with van der Waals surface area (Å²) in [5.41, 5.74) is 0.777. The van der Waals surface area contributed by atoms with Crippen molar-refractivity contribution in [1.82, 2.24) is 0 Å². The number of ether oxygens (including phenoxy) is 1. The van der Waals surface area contributed by atoms with Crippen LogP contribution in [0.25, 0.3) is 0 Å². The van der Waals surface area contributed by atoms with Crippen molar-refractivity contribution in [2.24, 2.45) is 0 Å². The Bertz CT molecular complexity index is 297. The molecule has 70 valence electrons. The molecule has 1 aromatic rings. The van der Waals surface area contributed by atoms with Crippen molar-refractivity contribution in [3.8, 4) is 0 Å². The third-order valence-corrected chi connectivity index (χ3v) is 2.37. The van der Waals surface area contributed by atoms with Crippen molar-refractivity contribution in [1.29, 1.82) is 0 Å². The Kier molecular flexibility index (Phi) is 3.63. The van der Waals surface area contributed by atoms with E-state index < -0.39 is 5.25 Å². The Hall–Kier alpha value is -0.670. The van der Waals surface area contributed by atoms with E-state index in [1.165, 1.54) is 7.11 Å². The van der Waals surface area contributed by atoms with Crippen molar-refractivity contribution < 1.29 is 9.53 Å². The minimum absolute atomic E-state index is 0.370. The topological polar surface area (TPSA) is 26.3 Å². The lowest BCUT2D eigenvalue weighted by Crippen LogP contribution is -2.08. The first kappa shape index (κ1) is 10.4. The predicted molar refractivity (Wildman–Crippen MR) is 55.2 cm³/mol. The molecule has 2 nitrogen and oxygen atoms in total. The molecular weight excluding hydrogens is 208 g/mol. The van der Waals surface area contributed by atoms with Crippen LogP contribution in [0.3, 0.4) is 0 Å². The predicted octanol–water partition coefficient (Wildman–Crippen LogP) is 2.48. The molecule has 4 heteroatoms. The van der Waals surface area contributed by atoms with Crippen LogP contribution in [-0.2, 0) is 9.53 Å². The van der Waals surface area contributed by atoms with Gasteiger partial charge in [0.05, 0.1) is 7.11 Å². The highest BCUT2D eigenvalue weighted by atomic mass is 35.5. The van der Waals surface area contributed by atoms with Gasteiger partial charge in [0.15, 0.2) is 0 Å². The highest BCUT2D eigenvalue weighted by molar-refractivity contribution is 7.81. The largest absolute Gasteiger partial charge is 0.468 e. The number of thiol groups is 1. The first-order chi connectivity index (χ1) is 6.15. The molecule has 0 unspecified atom stereocenters. The number of carbonyl (C=O) groups excluding carboxylic acids is 1. The maximum Gasteiger partial charge on any atom is 0.323 e. The molecule has 1 rings (SSSR count). The van der Waals surface area contributed by atoms with Gasteiger partial charge in [-0.05, 0) is 17.7 Å². The van der Waals surface area contributed by atoms with Gasteiger partial charge in [0.1, 0.15) is 5.25 Å². The fraction of sp³-hybridized carbons (Fsp3) is 0.222. The number of halogens is 1. The van der Waals surface area contributed by atoms with Crippen molar-refractivity contribution in [3.05, 3.63) is 34.9 Å². The average Bonchev–Trinajstić information content (AvgIpc) is 2.17. The Morgan fingerprint density at radius 2 is 2.00 bits per heavy atom. The molecule has 0 bridgehead atoms. The second kappa shape index (κ2) is 4.53. The van der Waals surface area contributed by atoms with Crippen LogP contribution < -0.4 is 0 Å². The molecule has 0 fully saturated rings. The molecule has 13 heavy (non-hydrogen) atoms. The molecule has 0 heterocycles. The van der Waals surface area contributed by atoms with Gasteiger partial charge in [-0.1, -0.05) is 23.7 Å². The van der Waals surface area contributed by atoms with E-state index in [1.54, 1.807) is 24.3 Å². The van der Waals surface area contributed by atoms with Crippen LogP contribution in [0.4, 0.5) is 0 Å². The van der Waals surface area contributed by atoms with Gasteiger partial charge < -0.3 is 4.74 Å². The summed E-state index contributed by atoms with van der Waals surface area (Å²) in [6.45, 7) is 0. The zero-order chi connectivity index (χ0) is 9.84. The first-order valence-corrected chi connectivity index (χ1v) is 4.56. The average molecular weight is 217 g/mol. The van der Waals surface area contributed by atoms with E-state index in [-0.39, 0.29) is 5.97 Å². The lowest BCUT2D eigenvalue weighted by atomic mass is 10.1. The lowest BCUT2D eigenvalue weighted by Gasteiger charge is -2.07. The third-order valence-electron chi connectivity index (χ3n) is 1.61. The van der Waals surface area contributed by atoms with Gasteiger partial charge in [0, 0.05) is 5.02 Å². The van der Waals surface area contributed by atoms with E-state index in [0.29, 0.717) is 5.02 Å². The molecular formula is C9H9ClO2S. The van der Waals surface area contributed by atoms with E-state index in [9.17, 15) is 4.79 Å². The maximum atomic E-state index is 11.1. The number of benzene rings is 1. The van der Waals surface area contributed by atoms with Crippen molar-refractivity contribution in [3.63, 3.8) is 0 Å². The van der Waals surface area contributed by atoms with Crippen molar-refractivity contribution in [2.75, 3.05) is 7.11 Å². The molecule has 1 aromatic carbocycles. The van der Waals surface area contributed by atoms with Gasteiger partial charge in [-0.2, -0.15) is 12.6 Å². The SMILES string of the molecule is COC(=O)[C@H](S)c1ccc(Cl)cc1. The Balaban J connectivity index is 2.83. The second-order valence-corrected chi connectivity index (χ2v) is 3.43. The molecule has 0 saturated carbocycles. The summed E-state index contributed by atoms with van der Waals surface area (Å²) in [4.78, 5) is 11.1. The van der Waals surface area contributed by atoms with E-state index in [4.69, 9.17) is 11.6 Å². The zero-order valence-electron chi connectivity index (χ0n) is 7.03. The molecule has 0 aliphatic rings. The van der Waals surface area contributed by atoms with Crippen LogP contribution in [0.5, 0.6) is 0 Å². The maximum absolute atomic E-state index is 11.1. The van der Waals surface area contributed by atoms with Crippen LogP contribution in [0.1, 0.15) is 10.8 Å². The van der Waals surface area contributed by atoms with Crippen LogP contribution >= 0.6 is 24.2 Å². The lowest BCUT2D eigenvalue weighted by molar-refractivity contribution is -0.140. The van der Waals surface area contributed by atoms with Gasteiger partial charge in [0.2, 0.25) is 0 Å². The molecule has 0 aliphatic heterocycles. The van der Waals surface area contributed by atoms with E-state index in [2.05, 4.69) is 17.4 Å². The van der Waals surface area contributed by atoms with Crippen LogP contribution in [0, 0.1) is 0 Å². The summed E-state index contributed by atoms with van der Waals surface area (Å²) >= 11 is 9.80. The van der Waals surface area contributed by atoms with E-state index >= 15 is 0 Å². The summed E-state index contributed by atoms with van der Waals surface area (Å²) in [5.74, 6) is -0.370. The van der Waals surface area contributed by atoms with Gasteiger partial charge in [-0.25, -0.2) is 0 Å². The fourth-order valence-electron chi connectivity index (χ4n) is 0.893. The molecule has 0 N–H and O–H groups in total. The minimum Gasteiger partial charge on any atom is -0.468 e. The molecule has 0 aliphatic carbocycles. The van der Waals surface area contributed by atoms with Gasteiger partial charge >= 0.3 is 5.97 Å². The second-order valence-electron chi connectivity index (χ2n) is 2.48. The first-order valence-electron chi connectivity index (χ1n) is 3.66. The summed E-state index contributed by atoms with van der Waals surface area (Å²) in [6.07, 6.45) is 0. The van der Waals surface area contributed by atoms with E-state index in [0.717, 1.165) is 5.56 Å². The molecule has 0 spiro atoms. The monoisotopic (exact) mass is 216 g/mol. The minimum atomic E-state index is -0.540. The van der Waals surface area contributed by atoms with Crippen molar-refractivity contribution in [2.45, 2.75) is 5.25 Å². The summed E-state index contributed by atoms with van der Waals surface area (Å²) in [6, 6.07) is 6.92. The summed E-state index contributed by atoms with van der Waals surface area (Å²) in [5, 5.41) is 0.0939. The van der Waals surface area contributed by atoms with Gasteiger partial charge in [-0.3, -0.25) is 4.79 Å². The normalized spacial score (nSPS) is 12.2. The standard InChI is InChI=1S/C9H9ClO2S/c1-12-9(11)8(13)6-2-4-7(10)5-3-6/h2-5,8,13H,1H3/t8-/m1/s1. The quantitative estimate of drug-likeness (QED) is 0.607. The molecule has 0 saturated heterocycles. The summed E-state index contributed by atoms with van der Waals surface area (Å²) < 4.78 is 4.55. The highest BCUT2D eigenvalue weighted by Gasteiger charge is 2.15. The Morgan fingerprint density at radius 3 is 2.46 bits per heavy atom. The van der Waals surface area contributed by atoms with Crippen molar-refractivity contribution >= 4 is 30.2 Å². The van der Waals surface area contributed by atoms with Gasteiger partial charge in [0.25, 0.3) is 0 Å². The fourth-order valence-corrected chi connectivity index (χ4v) is 1.30. The summed E-state index contributed by atoms with van der Waals surface area (Å²) in [7, 11) is 1.33. The Labute approximate surface area is 87.3 Å². The zero-order valence-corrected chi connectivity index (χ0v) is 8.68. The van der Waals surface area contributed by atoms with E-state index in [1.807, 2.05) is 0 Å². The highest BCUT2D eigenvalue weighted by Crippen LogP contribution is 2.22.